The zero-order valence-corrected chi connectivity index (χ0v) is 21.8. The molecule has 1 aliphatic heterocycles. The fourth-order valence-electron chi connectivity index (χ4n) is 4.02. The second-order valence-corrected chi connectivity index (χ2v) is 9.55. The Labute approximate surface area is 225 Å². The normalized spacial score (nSPS) is 15.4. The van der Waals surface area contributed by atoms with E-state index in [1.54, 1.807) is 37.3 Å². The minimum atomic E-state index is -0.587. The van der Waals surface area contributed by atoms with Gasteiger partial charge in [-0.25, -0.2) is 4.39 Å². The van der Waals surface area contributed by atoms with Gasteiger partial charge in [0.1, 0.15) is 17.7 Å². The molecule has 1 unspecified atom stereocenters. The fraction of sp³-hybridized carbons (Fsp3) is 0.296. The summed E-state index contributed by atoms with van der Waals surface area (Å²) in [5.74, 6) is -0.155. The number of nitrogen functional groups attached to an aromatic ring is 1. The maximum Gasteiger partial charge on any atom is 0.134 e. The van der Waals surface area contributed by atoms with Crippen molar-refractivity contribution in [2.24, 2.45) is 0 Å². The first-order chi connectivity index (χ1) is 17.8. The van der Waals surface area contributed by atoms with Crippen LogP contribution < -0.4 is 15.8 Å². The van der Waals surface area contributed by atoms with Gasteiger partial charge in [0.25, 0.3) is 0 Å². The van der Waals surface area contributed by atoms with E-state index in [-0.39, 0.29) is 11.3 Å². The van der Waals surface area contributed by atoms with Gasteiger partial charge in [-0.05, 0) is 50.1 Å². The van der Waals surface area contributed by atoms with E-state index < -0.39 is 11.9 Å². The average molecular weight is 544 g/mol. The Bertz CT molecular complexity index is 1260. The Morgan fingerprint density at radius 3 is 2.62 bits per heavy atom. The standard InChI is InChI=1S/C27H28Cl2FN5O2/c1-16(27-22(28)14-33-15-23(27)29)37-20-4-5-25(31)21(10-20)26(32)11-24(30)17-2-3-19(34-12-17)13-35-18-6-8-36-9-7-18/h2-5,10-12,14-16,18,32,35H,6-9,13,31H2,1H3/b24-11-,32-26?. The summed E-state index contributed by atoms with van der Waals surface area (Å²) in [5.41, 5.74) is 8.33. The van der Waals surface area contributed by atoms with E-state index in [2.05, 4.69) is 15.3 Å². The molecule has 194 valence electrons. The van der Waals surface area contributed by atoms with Crippen molar-refractivity contribution in [3.8, 4) is 5.75 Å². The van der Waals surface area contributed by atoms with Crippen molar-refractivity contribution >= 4 is 40.4 Å². The van der Waals surface area contributed by atoms with Crippen LogP contribution in [0.25, 0.3) is 5.83 Å². The molecule has 1 aliphatic rings. The zero-order valence-electron chi connectivity index (χ0n) is 20.3. The molecule has 2 aromatic heterocycles. The molecular formula is C27H28Cl2FN5O2. The second-order valence-electron chi connectivity index (χ2n) is 8.74. The van der Waals surface area contributed by atoms with E-state index in [0.717, 1.165) is 37.8 Å². The van der Waals surface area contributed by atoms with E-state index in [4.69, 9.17) is 43.8 Å². The molecule has 1 saturated heterocycles. The predicted molar refractivity (Wildman–Crippen MR) is 145 cm³/mol. The van der Waals surface area contributed by atoms with Crippen molar-refractivity contribution in [1.29, 1.82) is 5.41 Å². The smallest absolute Gasteiger partial charge is 0.134 e. The Balaban J connectivity index is 1.43. The fourth-order valence-corrected chi connectivity index (χ4v) is 4.70. The lowest BCUT2D eigenvalue weighted by Gasteiger charge is -2.23. The van der Waals surface area contributed by atoms with Crippen molar-refractivity contribution in [2.75, 3.05) is 18.9 Å². The molecule has 4 N–H and O–H groups in total. The first kappa shape index (κ1) is 27.0. The Kier molecular flexibility index (Phi) is 9.10. The van der Waals surface area contributed by atoms with Gasteiger partial charge in [-0.1, -0.05) is 23.2 Å². The van der Waals surface area contributed by atoms with Crippen LogP contribution in [0.1, 0.15) is 48.3 Å². The Morgan fingerprint density at radius 2 is 1.95 bits per heavy atom. The summed E-state index contributed by atoms with van der Waals surface area (Å²) in [5, 5.41) is 12.7. The summed E-state index contributed by atoms with van der Waals surface area (Å²) in [6.07, 6.45) is 7.01. The lowest BCUT2D eigenvalue weighted by Crippen LogP contribution is -2.34. The van der Waals surface area contributed by atoms with E-state index in [1.807, 2.05) is 0 Å². The highest BCUT2D eigenvalue weighted by atomic mass is 35.5. The minimum Gasteiger partial charge on any atom is -0.486 e. The van der Waals surface area contributed by atoms with Gasteiger partial charge < -0.3 is 25.9 Å². The quantitative estimate of drug-likeness (QED) is 0.220. The molecule has 1 fully saturated rings. The molecule has 10 heteroatoms. The van der Waals surface area contributed by atoms with Crippen molar-refractivity contribution in [3.63, 3.8) is 0 Å². The first-order valence-electron chi connectivity index (χ1n) is 11.9. The van der Waals surface area contributed by atoms with Gasteiger partial charge in [0.2, 0.25) is 0 Å². The number of allylic oxidation sites excluding steroid dienone is 1. The maximum absolute atomic E-state index is 15.0. The number of benzene rings is 1. The van der Waals surface area contributed by atoms with Gasteiger partial charge >= 0.3 is 0 Å². The molecule has 7 nitrogen and oxygen atoms in total. The molecule has 3 heterocycles. The summed E-state index contributed by atoms with van der Waals surface area (Å²) in [6.45, 7) is 3.92. The molecule has 0 bridgehead atoms. The third-order valence-electron chi connectivity index (χ3n) is 6.09. The molecule has 0 radical (unpaired) electrons. The summed E-state index contributed by atoms with van der Waals surface area (Å²) in [7, 11) is 0. The molecule has 37 heavy (non-hydrogen) atoms. The molecule has 4 rings (SSSR count). The van der Waals surface area contributed by atoms with Gasteiger partial charge in [0.05, 0.1) is 21.5 Å². The number of ether oxygens (including phenoxy) is 2. The summed E-state index contributed by atoms with van der Waals surface area (Å²) >= 11 is 12.5. The lowest BCUT2D eigenvalue weighted by atomic mass is 10.1. The molecule has 0 amide bonds. The van der Waals surface area contributed by atoms with Crippen LogP contribution >= 0.6 is 23.2 Å². The summed E-state index contributed by atoms with van der Waals surface area (Å²) in [4.78, 5) is 8.31. The number of hydrogen-bond donors (Lipinski definition) is 3. The molecule has 3 aromatic rings. The van der Waals surface area contributed by atoms with E-state index in [9.17, 15) is 4.39 Å². The number of anilines is 1. The molecule has 0 spiro atoms. The van der Waals surface area contributed by atoms with Gasteiger partial charge in [-0.2, -0.15) is 0 Å². The van der Waals surface area contributed by atoms with Gasteiger partial charge in [0.15, 0.2) is 0 Å². The van der Waals surface area contributed by atoms with Crippen LogP contribution in [-0.4, -0.2) is 34.9 Å². The number of halogens is 3. The van der Waals surface area contributed by atoms with Crippen LogP contribution in [0.2, 0.25) is 10.0 Å². The number of aromatic nitrogens is 2. The van der Waals surface area contributed by atoms with E-state index >= 15 is 0 Å². The lowest BCUT2D eigenvalue weighted by molar-refractivity contribution is 0.0775. The number of nitrogens with zero attached hydrogens (tertiary/aromatic N) is 2. The van der Waals surface area contributed by atoms with E-state index in [0.29, 0.717) is 45.2 Å². The van der Waals surface area contributed by atoms with Gasteiger partial charge in [-0.15, -0.1) is 0 Å². The van der Waals surface area contributed by atoms with Crippen LogP contribution in [0.4, 0.5) is 10.1 Å². The van der Waals surface area contributed by atoms with E-state index in [1.165, 1.54) is 18.6 Å². The largest absolute Gasteiger partial charge is 0.486 e. The number of nitrogens with one attached hydrogen (secondary N) is 2. The molecule has 0 aliphatic carbocycles. The molecule has 0 saturated carbocycles. The number of pyridine rings is 2. The topological polar surface area (TPSA) is 106 Å². The third kappa shape index (κ3) is 7.05. The Morgan fingerprint density at radius 1 is 1.22 bits per heavy atom. The van der Waals surface area contributed by atoms with Crippen LogP contribution in [0.5, 0.6) is 5.75 Å². The zero-order chi connectivity index (χ0) is 26.4. The SMILES string of the molecule is CC(Oc1ccc(N)c(C(=N)/C=C(\F)c2ccc(CNC3CCOCC3)nc2)c1)c1c(Cl)cncc1Cl. The van der Waals surface area contributed by atoms with Crippen LogP contribution in [-0.2, 0) is 11.3 Å². The van der Waals surface area contributed by atoms with Gasteiger partial charge in [-0.3, -0.25) is 9.97 Å². The van der Waals surface area contributed by atoms with Crippen LogP contribution in [0.3, 0.4) is 0 Å². The Hall–Kier alpha value is -3.04. The van der Waals surface area contributed by atoms with Crippen LogP contribution in [0, 0.1) is 5.41 Å². The molecule has 1 aromatic carbocycles. The predicted octanol–water partition coefficient (Wildman–Crippen LogP) is 6.15. The average Bonchev–Trinajstić information content (AvgIpc) is 2.89. The highest BCUT2D eigenvalue weighted by Crippen LogP contribution is 2.33. The monoisotopic (exact) mass is 543 g/mol. The maximum atomic E-state index is 15.0. The van der Waals surface area contributed by atoms with Crippen molar-refractivity contribution < 1.29 is 13.9 Å². The summed E-state index contributed by atoms with van der Waals surface area (Å²) in [6, 6.07) is 8.69. The minimum absolute atomic E-state index is 0.0988. The molecule has 1 atom stereocenters. The molecular weight excluding hydrogens is 516 g/mol. The summed E-state index contributed by atoms with van der Waals surface area (Å²) < 4.78 is 26.3. The van der Waals surface area contributed by atoms with Crippen molar-refractivity contribution in [3.05, 3.63) is 87.4 Å². The number of nitrogens with two attached hydrogens (primary N) is 1. The third-order valence-corrected chi connectivity index (χ3v) is 6.69. The second kappa shape index (κ2) is 12.5. The number of hydrogen-bond acceptors (Lipinski definition) is 7. The van der Waals surface area contributed by atoms with Crippen LogP contribution in [0.15, 0.2) is 55.0 Å². The highest BCUT2D eigenvalue weighted by Gasteiger charge is 2.17. The first-order valence-corrected chi connectivity index (χ1v) is 12.6. The van der Waals surface area contributed by atoms with Crippen molar-refractivity contribution in [2.45, 2.75) is 38.5 Å². The highest BCUT2D eigenvalue weighted by molar-refractivity contribution is 6.35. The van der Waals surface area contributed by atoms with Crippen molar-refractivity contribution in [1.82, 2.24) is 15.3 Å². The number of rotatable bonds is 9. The van der Waals surface area contributed by atoms with Gasteiger partial charge in [0, 0.05) is 72.8 Å².